The highest BCUT2D eigenvalue weighted by molar-refractivity contribution is 6.03. The molecule has 0 radical (unpaired) electrons. The lowest BCUT2D eigenvalue weighted by molar-refractivity contribution is 0.0244. The first-order valence-electron chi connectivity index (χ1n) is 14.2. The van der Waals surface area contributed by atoms with Crippen LogP contribution < -0.4 is 0 Å². The molecule has 0 aliphatic rings. The van der Waals surface area contributed by atoms with Crippen molar-refractivity contribution in [2.24, 2.45) is 5.41 Å². The zero-order valence-corrected chi connectivity index (χ0v) is 23.3. The van der Waals surface area contributed by atoms with Crippen LogP contribution in [0.5, 0.6) is 0 Å². The van der Waals surface area contributed by atoms with Crippen LogP contribution in [0.2, 0.25) is 0 Å². The third-order valence-corrected chi connectivity index (χ3v) is 6.31. The van der Waals surface area contributed by atoms with Crippen molar-refractivity contribution in [1.82, 2.24) is 0 Å². The van der Waals surface area contributed by atoms with Crippen molar-refractivity contribution in [2.45, 2.75) is 137 Å². The molecule has 1 rings (SSSR count). The zero-order chi connectivity index (χ0) is 25.9. The highest BCUT2D eigenvalue weighted by Crippen LogP contribution is 2.23. The molecule has 0 amide bonds. The Bertz CT molecular complexity index is 704. The molecule has 0 bridgehead atoms. The van der Waals surface area contributed by atoms with E-state index in [-0.39, 0.29) is 22.6 Å². The molecule has 35 heavy (non-hydrogen) atoms. The van der Waals surface area contributed by atoms with Gasteiger partial charge in [0, 0.05) is 0 Å². The number of benzene rings is 1. The summed E-state index contributed by atoms with van der Waals surface area (Å²) in [6.45, 7) is 10.9. The predicted molar refractivity (Wildman–Crippen MR) is 146 cm³/mol. The van der Waals surface area contributed by atoms with Crippen molar-refractivity contribution in [3.63, 3.8) is 0 Å². The van der Waals surface area contributed by atoms with E-state index in [1.54, 1.807) is 24.3 Å². The lowest BCUT2D eigenvalue weighted by Crippen LogP contribution is -2.23. The van der Waals surface area contributed by atoms with Crippen molar-refractivity contribution >= 4 is 11.9 Å². The van der Waals surface area contributed by atoms with Gasteiger partial charge >= 0.3 is 11.9 Å². The van der Waals surface area contributed by atoms with Crippen molar-refractivity contribution < 1.29 is 19.1 Å². The molecule has 0 saturated carbocycles. The van der Waals surface area contributed by atoms with Gasteiger partial charge in [0.15, 0.2) is 0 Å². The van der Waals surface area contributed by atoms with E-state index in [1.807, 2.05) is 6.92 Å². The van der Waals surface area contributed by atoms with E-state index in [0.717, 1.165) is 19.3 Å². The van der Waals surface area contributed by atoms with Crippen LogP contribution in [0.25, 0.3) is 0 Å². The fourth-order valence-electron chi connectivity index (χ4n) is 4.53. The summed E-state index contributed by atoms with van der Waals surface area (Å²) in [6, 6.07) is 6.77. The molecule has 4 heteroatoms. The Labute approximate surface area is 215 Å². The maximum absolute atomic E-state index is 12.6. The SMILES string of the molecule is CCCCCCCCCCCCCCCCOC(=O)c1ccccc1C(=O)OC(C)CC(C)(C)C. The van der Waals surface area contributed by atoms with E-state index < -0.39 is 11.9 Å². The molecule has 0 aromatic heterocycles. The van der Waals surface area contributed by atoms with E-state index in [0.29, 0.717) is 6.61 Å². The largest absolute Gasteiger partial charge is 0.462 e. The first-order chi connectivity index (χ1) is 16.7. The lowest BCUT2D eigenvalue weighted by Gasteiger charge is -2.23. The standard InChI is InChI=1S/C31H52O4/c1-6-7-8-9-10-11-12-13-14-15-16-17-18-21-24-34-29(32)27-22-19-20-23-28(27)30(33)35-26(2)25-31(3,4)5/h19-20,22-23,26H,6-18,21,24-25H2,1-5H3. The Balaban J connectivity index is 2.18. The Morgan fingerprint density at radius 2 is 1.14 bits per heavy atom. The summed E-state index contributed by atoms with van der Waals surface area (Å²) >= 11 is 0. The molecular weight excluding hydrogens is 436 g/mol. The molecule has 0 N–H and O–H groups in total. The summed E-state index contributed by atoms with van der Waals surface area (Å²) in [5.41, 5.74) is 0.621. The molecule has 0 heterocycles. The van der Waals surface area contributed by atoms with Gasteiger partial charge in [0.2, 0.25) is 0 Å². The van der Waals surface area contributed by atoms with Crippen LogP contribution in [0.1, 0.15) is 152 Å². The van der Waals surface area contributed by atoms with Crippen molar-refractivity contribution in [1.29, 1.82) is 0 Å². The van der Waals surface area contributed by atoms with Gasteiger partial charge in [-0.05, 0) is 37.3 Å². The second-order valence-corrected chi connectivity index (χ2v) is 11.3. The molecule has 1 aromatic carbocycles. The van der Waals surface area contributed by atoms with Gasteiger partial charge in [-0.3, -0.25) is 0 Å². The van der Waals surface area contributed by atoms with Crippen LogP contribution >= 0.6 is 0 Å². The van der Waals surface area contributed by atoms with Gasteiger partial charge in [-0.15, -0.1) is 0 Å². The number of rotatable bonds is 19. The first-order valence-corrected chi connectivity index (χ1v) is 14.2. The van der Waals surface area contributed by atoms with Crippen LogP contribution in [-0.4, -0.2) is 24.6 Å². The average molecular weight is 489 g/mol. The van der Waals surface area contributed by atoms with E-state index in [4.69, 9.17) is 9.47 Å². The van der Waals surface area contributed by atoms with Crippen LogP contribution in [0.3, 0.4) is 0 Å². The molecule has 0 aliphatic carbocycles. The minimum atomic E-state index is -0.467. The first kappa shape index (κ1) is 31.2. The zero-order valence-electron chi connectivity index (χ0n) is 23.3. The Kier molecular flexibility index (Phi) is 16.4. The van der Waals surface area contributed by atoms with Gasteiger partial charge in [0.05, 0.1) is 23.8 Å². The topological polar surface area (TPSA) is 52.6 Å². The summed E-state index contributed by atoms with van der Waals surface area (Å²) in [5.74, 6) is -0.915. The summed E-state index contributed by atoms with van der Waals surface area (Å²) in [7, 11) is 0. The second-order valence-electron chi connectivity index (χ2n) is 11.3. The number of carbonyl (C=O) groups is 2. The number of hydrogen-bond acceptors (Lipinski definition) is 4. The quantitative estimate of drug-likeness (QED) is 0.144. The maximum Gasteiger partial charge on any atom is 0.339 e. The van der Waals surface area contributed by atoms with E-state index in [2.05, 4.69) is 27.7 Å². The number of unbranched alkanes of at least 4 members (excludes halogenated alkanes) is 13. The van der Waals surface area contributed by atoms with E-state index in [1.165, 1.54) is 77.0 Å². The Hall–Kier alpha value is -1.84. The average Bonchev–Trinajstić information content (AvgIpc) is 2.80. The van der Waals surface area contributed by atoms with Crippen LogP contribution in [-0.2, 0) is 9.47 Å². The van der Waals surface area contributed by atoms with Gasteiger partial charge < -0.3 is 9.47 Å². The third-order valence-electron chi connectivity index (χ3n) is 6.31. The second kappa shape index (κ2) is 18.4. The number of carbonyl (C=O) groups excluding carboxylic acids is 2. The van der Waals surface area contributed by atoms with Crippen LogP contribution in [0, 0.1) is 5.41 Å². The predicted octanol–water partition coefficient (Wildman–Crippen LogP) is 9.31. The molecule has 200 valence electrons. The molecule has 0 spiro atoms. The molecule has 0 saturated heterocycles. The van der Waals surface area contributed by atoms with Crippen molar-refractivity contribution in [3.8, 4) is 0 Å². The Morgan fingerprint density at radius 1 is 0.714 bits per heavy atom. The van der Waals surface area contributed by atoms with Gasteiger partial charge in [0.25, 0.3) is 0 Å². The molecule has 1 aromatic rings. The minimum absolute atomic E-state index is 0.0612. The summed E-state index contributed by atoms with van der Waals surface area (Å²) in [6.07, 6.45) is 18.6. The number of esters is 2. The molecule has 0 fully saturated rings. The molecule has 4 nitrogen and oxygen atoms in total. The summed E-state index contributed by atoms with van der Waals surface area (Å²) in [4.78, 5) is 25.2. The molecule has 1 unspecified atom stereocenters. The molecular formula is C31H52O4. The van der Waals surface area contributed by atoms with Gasteiger partial charge in [-0.25, -0.2) is 9.59 Å². The highest BCUT2D eigenvalue weighted by Gasteiger charge is 2.23. The summed E-state index contributed by atoms with van der Waals surface area (Å²) in [5, 5.41) is 0. The van der Waals surface area contributed by atoms with Crippen LogP contribution in [0.15, 0.2) is 24.3 Å². The van der Waals surface area contributed by atoms with E-state index in [9.17, 15) is 9.59 Å². The fraction of sp³-hybridized carbons (Fsp3) is 0.742. The van der Waals surface area contributed by atoms with Gasteiger partial charge in [0.1, 0.15) is 0 Å². The molecule has 0 aliphatic heterocycles. The summed E-state index contributed by atoms with van der Waals surface area (Å²) < 4.78 is 11.1. The van der Waals surface area contributed by atoms with E-state index >= 15 is 0 Å². The minimum Gasteiger partial charge on any atom is -0.462 e. The van der Waals surface area contributed by atoms with Crippen molar-refractivity contribution in [3.05, 3.63) is 35.4 Å². The fourth-order valence-corrected chi connectivity index (χ4v) is 4.53. The normalized spacial score (nSPS) is 12.4. The monoisotopic (exact) mass is 488 g/mol. The third kappa shape index (κ3) is 15.7. The smallest absolute Gasteiger partial charge is 0.339 e. The number of hydrogen-bond donors (Lipinski definition) is 0. The highest BCUT2D eigenvalue weighted by atomic mass is 16.5. The van der Waals surface area contributed by atoms with Gasteiger partial charge in [-0.1, -0.05) is 123 Å². The lowest BCUT2D eigenvalue weighted by atomic mass is 9.90. The van der Waals surface area contributed by atoms with Gasteiger partial charge in [-0.2, -0.15) is 0 Å². The van der Waals surface area contributed by atoms with Crippen LogP contribution in [0.4, 0.5) is 0 Å². The number of ether oxygens (including phenoxy) is 2. The van der Waals surface area contributed by atoms with Crippen molar-refractivity contribution in [2.75, 3.05) is 6.61 Å². The Morgan fingerprint density at radius 3 is 1.60 bits per heavy atom. The maximum atomic E-state index is 12.6. The molecule has 1 atom stereocenters.